The molecule has 2 saturated carbocycles. The Hall–Kier alpha value is -4.04. The van der Waals surface area contributed by atoms with E-state index in [0.29, 0.717) is 0 Å². The van der Waals surface area contributed by atoms with Gasteiger partial charge in [0.15, 0.2) is 0 Å². The fraction of sp³-hybridized carbons (Fsp3) is 0.600. The summed E-state index contributed by atoms with van der Waals surface area (Å²) in [4.78, 5) is 96.6. The van der Waals surface area contributed by atoms with E-state index in [1.165, 1.54) is 0 Å². The molecule has 2 aliphatic rings. The first kappa shape index (κ1) is 27.2. The predicted octanol–water partition coefficient (Wildman–Crippen LogP) is -0.919. The number of hydrogen-bond donors (Lipinski definition) is 6. The van der Waals surface area contributed by atoms with Crippen LogP contribution in [0.5, 0.6) is 0 Å². The molecule has 0 bridgehead atoms. The molecule has 0 spiro atoms. The van der Waals surface area contributed by atoms with Crippen LogP contribution >= 0.6 is 0 Å². The molecule has 6 N–H and O–H groups in total. The molecule has 0 aromatic heterocycles. The van der Waals surface area contributed by atoms with Crippen LogP contribution in [0, 0.1) is 45.3 Å². The fourth-order valence-electron chi connectivity index (χ4n) is 6.29. The van der Waals surface area contributed by atoms with Crippen molar-refractivity contribution in [2.75, 3.05) is 0 Å². The van der Waals surface area contributed by atoms with E-state index in [1.54, 1.807) is 0 Å². The SMILES string of the molecule is CC1(C(=O)O)C(C(=O)O)C(C)(C(=O)OC(=O)C2(C)C(C(=O)O)C(C)(C(=O)O)C2C(=O)O)C1C(=O)O. The molecule has 35 heavy (non-hydrogen) atoms. The molecular weight excluding hydrogens is 480 g/mol. The lowest BCUT2D eigenvalue weighted by atomic mass is 9.39. The Labute approximate surface area is 195 Å². The molecule has 15 nitrogen and oxygen atoms in total. The van der Waals surface area contributed by atoms with Crippen LogP contribution in [0.3, 0.4) is 0 Å². The third kappa shape index (κ3) is 3.03. The summed E-state index contributed by atoms with van der Waals surface area (Å²) in [6.45, 7) is 3.02. The van der Waals surface area contributed by atoms with E-state index in [4.69, 9.17) is 0 Å². The van der Waals surface area contributed by atoms with Crippen molar-refractivity contribution < 1.29 is 73.7 Å². The zero-order valence-electron chi connectivity index (χ0n) is 18.7. The maximum atomic E-state index is 13.0. The van der Waals surface area contributed by atoms with Crippen LogP contribution in [0.4, 0.5) is 0 Å². The molecule has 4 atom stereocenters. The van der Waals surface area contributed by atoms with Crippen LogP contribution in [-0.4, -0.2) is 78.4 Å². The molecule has 0 heterocycles. The Kier molecular flexibility index (Phi) is 6.02. The van der Waals surface area contributed by atoms with Crippen LogP contribution in [0.25, 0.3) is 0 Å². The second kappa shape index (κ2) is 7.74. The van der Waals surface area contributed by atoms with Gasteiger partial charge in [0.25, 0.3) is 0 Å². The van der Waals surface area contributed by atoms with Gasteiger partial charge in [-0.1, -0.05) is 0 Å². The first-order valence-corrected chi connectivity index (χ1v) is 9.85. The van der Waals surface area contributed by atoms with E-state index >= 15 is 0 Å². The molecule has 192 valence electrons. The van der Waals surface area contributed by atoms with Gasteiger partial charge in [-0.15, -0.1) is 0 Å². The van der Waals surface area contributed by atoms with Crippen LogP contribution in [0.2, 0.25) is 0 Å². The number of esters is 2. The van der Waals surface area contributed by atoms with E-state index < -0.39 is 93.1 Å². The minimum Gasteiger partial charge on any atom is -0.481 e. The second-order valence-corrected chi connectivity index (χ2v) is 9.50. The largest absolute Gasteiger partial charge is 0.481 e. The zero-order chi connectivity index (χ0) is 27.6. The maximum absolute atomic E-state index is 13.0. The molecule has 0 aromatic carbocycles. The van der Waals surface area contributed by atoms with Gasteiger partial charge in [-0.2, -0.15) is 0 Å². The van der Waals surface area contributed by atoms with Crippen molar-refractivity contribution in [1.29, 1.82) is 0 Å². The molecule has 15 heteroatoms. The summed E-state index contributed by atoms with van der Waals surface area (Å²) in [6.07, 6.45) is 0. The van der Waals surface area contributed by atoms with E-state index in [-0.39, 0.29) is 0 Å². The molecule has 2 fully saturated rings. The minimum absolute atomic E-state index is 0.735. The van der Waals surface area contributed by atoms with Crippen molar-refractivity contribution in [2.45, 2.75) is 27.7 Å². The monoisotopic (exact) mass is 502 g/mol. The lowest BCUT2D eigenvalue weighted by molar-refractivity contribution is -0.243. The fourth-order valence-corrected chi connectivity index (χ4v) is 6.29. The summed E-state index contributed by atoms with van der Waals surface area (Å²) < 4.78 is 4.62. The van der Waals surface area contributed by atoms with E-state index in [0.717, 1.165) is 27.7 Å². The smallest absolute Gasteiger partial charge is 0.321 e. The number of carbonyl (C=O) groups is 8. The Balaban J connectivity index is 2.56. The molecule has 2 rings (SSSR count). The third-order valence-corrected chi connectivity index (χ3v) is 7.77. The molecule has 0 amide bonds. The first-order chi connectivity index (χ1) is 15.7. The maximum Gasteiger partial charge on any atom is 0.321 e. The highest BCUT2D eigenvalue weighted by Crippen LogP contribution is 2.67. The predicted molar refractivity (Wildman–Crippen MR) is 103 cm³/mol. The van der Waals surface area contributed by atoms with Crippen molar-refractivity contribution in [3.05, 3.63) is 0 Å². The van der Waals surface area contributed by atoms with Gasteiger partial charge in [0.05, 0.1) is 45.3 Å². The van der Waals surface area contributed by atoms with Crippen LogP contribution in [0.15, 0.2) is 0 Å². The second-order valence-electron chi connectivity index (χ2n) is 9.50. The van der Waals surface area contributed by atoms with Crippen molar-refractivity contribution in [1.82, 2.24) is 0 Å². The van der Waals surface area contributed by atoms with Crippen molar-refractivity contribution in [2.24, 2.45) is 45.3 Å². The highest BCUT2D eigenvalue weighted by atomic mass is 16.6. The van der Waals surface area contributed by atoms with Gasteiger partial charge in [-0.25, -0.2) is 0 Å². The van der Waals surface area contributed by atoms with Crippen molar-refractivity contribution >= 4 is 47.8 Å². The van der Waals surface area contributed by atoms with E-state index in [9.17, 15) is 69.0 Å². The summed E-state index contributed by atoms with van der Waals surface area (Å²) in [7, 11) is 0. The Morgan fingerprint density at radius 1 is 0.457 bits per heavy atom. The summed E-state index contributed by atoms with van der Waals surface area (Å²) >= 11 is 0. The van der Waals surface area contributed by atoms with E-state index in [1.807, 2.05) is 0 Å². The van der Waals surface area contributed by atoms with Gasteiger partial charge in [0.1, 0.15) is 0 Å². The van der Waals surface area contributed by atoms with Gasteiger partial charge < -0.3 is 35.4 Å². The lowest BCUT2D eigenvalue weighted by Gasteiger charge is -2.59. The normalized spacial score (nSPS) is 39.8. The number of carboxylic acids is 6. The highest BCUT2D eigenvalue weighted by Gasteiger charge is 2.82. The number of hydrogen-bond acceptors (Lipinski definition) is 9. The lowest BCUT2D eigenvalue weighted by Crippen LogP contribution is -2.75. The number of carboxylic acid groups (broad SMARTS) is 6. The Bertz CT molecular complexity index is 956. The molecule has 0 saturated heterocycles. The molecule has 4 unspecified atom stereocenters. The first-order valence-electron chi connectivity index (χ1n) is 9.85. The molecule has 0 aromatic rings. The van der Waals surface area contributed by atoms with E-state index in [2.05, 4.69) is 4.74 Å². The van der Waals surface area contributed by atoms with Crippen molar-refractivity contribution in [3.8, 4) is 0 Å². The van der Waals surface area contributed by atoms with Gasteiger partial charge in [-0.05, 0) is 27.7 Å². The van der Waals surface area contributed by atoms with Gasteiger partial charge in [0, 0.05) is 0 Å². The van der Waals surface area contributed by atoms with Crippen LogP contribution in [0.1, 0.15) is 27.7 Å². The highest BCUT2D eigenvalue weighted by molar-refractivity contribution is 6.06. The zero-order valence-corrected chi connectivity index (χ0v) is 18.7. The number of ether oxygens (including phenoxy) is 1. The van der Waals surface area contributed by atoms with Gasteiger partial charge >= 0.3 is 47.8 Å². The minimum atomic E-state index is -2.64. The number of rotatable bonds is 8. The summed E-state index contributed by atoms with van der Waals surface area (Å²) in [5.74, 6) is -23.9. The Morgan fingerprint density at radius 3 is 0.800 bits per heavy atom. The molecular formula is C20H22O15. The van der Waals surface area contributed by atoms with Gasteiger partial charge in [-0.3, -0.25) is 38.4 Å². The third-order valence-electron chi connectivity index (χ3n) is 7.77. The topological polar surface area (TPSA) is 267 Å². The van der Waals surface area contributed by atoms with Gasteiger partial charge in [0.2, 0.25) is 0 Å². The quantitative estimate of drug-likeness (QED) is 0.173. The number of carbonyl (C=O) groups excluding carboxylic acids is 2. The standard InChI is InChI=1S/C20H22O15/c1-17(13(29)30)5(9(21)22)19(3,6(17)10(23)24)15(33)35-16(34)20(4)7(11(25)26)18(2,14(31)32)8(20)12(27)28/h5-8H,1-4H3,(H,21,22)(H,23,24)(H,25,26)(H,27,28)(H,29,30)(H,31,32). The van der Waals surface area contributed by atoms with Crippen LogP contribution in [-0.2, 0) is 43.1 Å². The summed E-state index contributed by atoms with van der Waals surface area (Å²) in [6, 6.07) is 0. The molecule has 0 radical (unpaired) electrons. The summed E-state index contributed by atoms with van der Waals surface area (Å²) in [5, 5.41) is 57.1. The Morgan fingerprint density at radius 2 is 0.657 bits per heavy atom. The average Bonchev–Trinajstić information content (AvgIpc) is 2.64. The number of aliphatic carboxylic acids is 6. The molecule has 2 aliphatic carbocycles. The average molecular weight is 502 g/mol. The summed E-state index contributed by atoms with van der Waals surface area (Å²) in [5.41, 5.74) is -10.3. The molecule has 0 aliphatic heterocycles. The van der Waals surface area contributed by atoms with Crippen LogP contribution < -0.4 is 0 Å². The van der Waals surface area contributed by atoms with Crippen molar-refractivity contribution in [3.63, 3.8) is 0 Å².